The highest BCUT2D eigenvalue weighted by atomic mass is 16.5. The first kappa shape index (κ1) is 22.1. The van der Waals surface area contributed by atoms with Gasteiger partial charge >= 0.3 is 0 Å². The quantitative estimate of drug-likeness (QED) is 0.370. The number of nitrogens with zero attached hydrogens (tertiary/aromatic N) is 1. The number of fused-ring (bicyclic) bond motifs is 1. The smallest absolute Gasteiger partial charge is 0.200 e. The highest BCUT2D eigenvalue weighted by Gasteiger charge is 2.18. The zero-order valence-corrected chi connectivity index (χ0v) is 18.8. The highest BCUT2D eigenvalue weighted by molar-refractivity contribution is 6.10. The summed E-state index contributed by atoms with van der Waals surface area (Å²) in [6, 6.07) is 19.8. The van der Waals surface area contributed by atoms with Gasteiger partial charge in [-0.3, -0.25) is 9.59 Å². The van der Waals surface area contributed by atoms with Crippen LogP contribution in [0.3, 0.4) is 0 Å². The van der Waals surface area contributed by atoms with Crippen molar-refractivity contribution in [1.29, 1.82) is 0 Å². The van der Waals surface area contributed by atoms with Crippen molar-refractivity contribution in [2.24, 2.45) is 0 Å². The summed E-state index contributed by atoms with van der Waals surface area (Å²) in [5.74, 6) is 1.63. The fourth-order valence-electron chi connectivity index (χ4n) is 3.79. The first-order chi connectivity index (χ1) is 16.0. The zero-order chi connectivity index (χ0) is 23.4. The van der Waals surface area contributed by atoms with Crippen molar-refractivity contribution in [2.75, 3.05) is 20.8 Å². The van der Waals surface area contributed by atoms with E-state index in [1.807, 2.05) is 47.9 Å². The summed E-state index contributed by atoms with van der Waals surface area (Å²) in [4.78, 5) is 26.7. The SMILES string of the molecule is CCOc1ccc2c(c1)c(=O)c(C(=O)c1ccc(OC)cc1)cn2Cc1cccc(OC)c1. The number of hydrogen-bond donors (Lipinski definition) is 0. The lowest BCUT2D eigenvalue weighted by Gasteiger charge is -2.15. The molecule has 0 aliphatic heterocycles. The second-order valence-electron chi connectivity index (χ2n) is 7.52. The van der Waals surface area contributed by atoms with E-state index < -0.39 is 0 Å². The average Bonchev–Trinajstić information content (AvgIpc) is 2.85. The molecule has 1 aromatic heterocycles. The molecule has 0 atom stereocenters. The van der Waals surface area contributed by atoms with Crippen molar-refractivity contribution in [3.63, 3.8) is 0 Å². The summed E-state index contributed by atoms with van der Waals surface area (Å²) >= 11 is 0. The standard InChI is InChI=1S/C27H25NO5/c1-4-33-22-12-13-25-23(15-22)27(30)24(26(29)19-8-10-20(31-2)11-9-19)17-28(25)16-18-6-5-7-21(14-18)32-3/h5-15,17H,4,16H2,1-3H3. The van der Waals surface area contributed by atoms with Gasteiger partial charge in [-0.2, -0.15) is 0 Å². The first-order valence-electron chi connectivity index (χ1n) is 10.7. The molecule has 3 aromatic carbocycles. The Kier molecular flexibility index (Phi) is 6.45. The molecule has 0 unspecified atom stereocenters. The molecule has 0 bridgehead atoms. The Bertz CT molecular complexity index is 1360. The van der Waals surface area contributed by atoms with E-state index in [4.69, 9.17) is 14.2 Å². The van der Waals surface area contributed by atoms with Gasteiger partial charge in [-0.25, -0.2) is 0 Å². The van der Waals surface area contributed by atoms with Gasteiger partial charge in [-0.15, -0.1) is 0 Å². The molecule has 168 valence electrons. The molecule has 1 heterocycles. The Labute approximate surface area is 192 Å². The molecular formula is C27H25NO5. The summed E-state index contributed by atoms with van der Waals surface area (Å²) in [7, 11) is 3.18. The molecule has 0 N–H and O–H groups in total. The largest absolute Gasteiger partial charge is 0.497 e. The number of methoxy groups -OCH3 is 2. The number of pyridine rings is 1. The van der Waals surface area contributed by atoms with Crippen LogP contribution in [0.5, 0.6) is 17.2 Å². The Morgan fingerprint density at radius 3 is 2.30 bits per heavy atom. The molecule has 0 spiro atoms. The van der Waals surface area contributed by atoms with E-state index in [1.165, 1.54) is 0 Å². The third kappa shape index (κ3) is 4.60. The van der Waals surface area contributed by atoms with Crippen LogP contribution in [0, 0.1) is 0 Å². The van der Waals surface area contributed by atoms with Crippen LogP contribution in [0.4, 0.5) is 0 Å². The van der Waals surface area contributed by atoms with Gasteiger partial charge in [0.2, 0.25) is 5.43 Å². The van der Waals surface area contributed by atoms with Crippen LogP contribution in [0.1, 0.15) is 28.4 Å². The van der Waals surface area contributed by atoms with E-state index in [0.717, 1.165) is 16.8 Å². The number of ether oxygens (including phenoxy) is 3. The number of rotatable bonds is 8. The van der Waals surface area contributed by atoms with Crippen molar-refractivity contribution in [3.05, 3.63) is 99.8 Å². The molecule has 6 nitrogen and oxygen atoms in total. The molecule has 0 saturated carbocycles. The maximum Gasteiger partial charge on any atom is 0.200 e. The normalized spacial score (nSPS) is 10.8. The third-order valence-corrected chi connectivity index (χ3v) is 5.45. The summed E-state index contributed by atoms with van der Waals surface area (Å²) in [5.41, 5.74) is 1.90. The minimum absolute atomic E-state index is 0.101. The second kappa shape index (κ2) is 9.61. The predicted molar refractivity (Wildman–Crippen MR) is 128 cm³/mol. The molecular weight excluding hydrogens is 418 g/mol. The molecule has 4 aromatic rings. The van der Waals surface area contributed by atoms with E-state index in [0.29, 0.717) is 35.6 Å². The van der Waals surface area contributed by atoms with Crippen LogP contribution in [0.25, 0.3) is 10.9 Å². The molecule has 0 aliphatic carbocycles. The lowest BCUT2D eigenvalue weighted by atomic mass is 10.0. The van der Waals surface area contributed by atoms with E-state index in [9.17, 15) is 9.59 Å². The zero-order valence-electron chi connectivity index (χ0n) is 18.8. The maximum atomic E-state index is 13.4. The number of carbonyl (C=O) groups excluding carboxylic acids is 1. The van der Waals surface area contributed by atoms with Crippen LogP contribution in [-0.2, 0) is 6.54 Å². The molecule has 0 saturated heterocycles. The van der Waals surface area contributed by atoms with E-state index in [-0.39, 0.29) is 16.8 Å². The maximum absolute atomic E-state index is 13.4. The number of carbonyl (C=O) groups is 1. The van der Waals surface area contributed by atoms with E-state index in [1.54, 1.807) is 50.7 Å². The fourth-order valence-corrected chi connectivity index (χ4v) is 3.79. The molecule has 0 amide bonds. The predicted octanol–water partition coefficient (Wildman–Crippen LogP) is 4.70. The Morgan fingerprint density at radius 1 is 0.879 bits per heavy atom. The van der Waals surface area contributed by atoms with E-state index >= 15 is 0 Å². The molecule has 0 aliphatic rings. The monoisotopic (exact) mass is 443 g/mol. The lowest BCUT2D eigenvalue weighted by molar-refractivity contribution is 0.103. The topological polar surface area (TPSA) is 66.8 Å². The molecule has 4 rings (SSSR count). The van der Waals surface area contributed by atoms with Crippen LogP contribution in [0.2, 0.25) is 0 Å². The van der Waals surface area contributed by atoms with Crippen LogP contribution in [-0.4, -0.2) is 31.2 Å². The Hall–Kier alpha value is -4.06. The van der Waals surface area contributed by atoms with Crippen molar-refractivity contribution in [3.8, 4) is 17.2 Å². The van der Waals surface area contributed by atoms with Gasteiger partial charge in [-0.1, -0.05) is 12.1 Å². The number of hydrogen-bond acceptors (Lipinski definition) is 5. The van der Waals surface area contributed by atoms with Gasteiger partial charge in [0.1, 0.15) is 17.2 Å². The van der Waals surface area contributed by atoms with Gasteiger partial charge in [0.25, 0.3) is 0 Å². The number of aromatic nitrogens is 1. The Balaban J connectivity index is 1.87. The molecule has 0 fully saturated rings. The van der Waals surface area contributed by atoms with Gasteiger partial charge < -0.3 is 18.8 Å². The van der Waals surface area contributed by atoms with Gasteiger partial charge in [0.05, 0.1) is 37.3 Å². The Morgan fingerprint density at radius 2 is 1.61 bits per heavy atom. The van der Waals surface area contributed by atoms with Gasteiger partial charge in [0, 0.05) is 18.3 Å². The minimum Gasteiger partial charge on any atom is -0.497 e. The van der Waals surface area contributed by atoms with Crippen LogP contribution >= 0.6 is 0 Å². The van der Waals surface area contributed by atoms with Gasteiger partial charge in [0.15, 0.2) is 5.78 Å². The second-order valence-corrected chi connectivity index (χ2v) is 7.52. The van der Waals surface area contributed by atoms with Crippen molar-refractivity contribution < 1.29 is 19.0 Å². The minimum atomic E-state index is -0.342. The van der Waals surface area contributed by atoms with Crippen molar-refractivity contribution in [1.82, 2.24) is 4.57 Å². The van der Waals surface area contributed by atoms with Crippen LogP contribution < -0.4 is 19.6 Å². The number of ketones is 1. The lowest BCUT2D eigenvalue weighted by Crippen LogP contribution is -2.20. The first-order valence-corrected chi connectivity index (χ1v) is 10.7. The average molecular weight is 443 g/mol. The summed E-state index contributed by atoms with van der Waals surface area (Å²) in [6.07, 6.45) is 1.64. The van der Waals surface area contributed by atoms with Crippen molar-refractivity contribution >= 4 is 16.7 Å². The molecule has 33 heavy (non-hydrogen) atoms. The summed E-state index contributed by atoms with van der Waals surface area (Å²) < 4.78 is 18.0. The fraction of sp³-hybridized carbons (Fsp3) is 0.185. The molecule has 0 radical (unpaired) electrons. The highest BCUT2D eigenvalue weighted by Crippen LogP contribution is 2.23. The van der Waals surface area contributed by atoms with Crippen LogP contribution in [0.15, 0.2) is 77.7 Å². The number of benzene rings is 3. The van der Waals surface area contributed by atoms with Crippen molar-refractivity contribution in [2.45, 2.75) is 13.5 Å². The third-order valence-electron chi connectivity index (χ3n) is 5.45. The summed E-state index contributed by atoms with van der Waals surface area (Å²) in [5, 5.41) is 0.434. The van der Waals surface area contributed by atoms with Gasteiger partial charge in [-0.05, 0) is 67.1 Å². The van der Waals surface area contributed by atoms with E-state index in [2.05, 4.69) is 0 Å². The summed E-state index contributed by atoms with van der Waals surface area (Å²) in [6.45, 7) is 2.83. The molecule has 6 heteroatoms.